The molecule has 0 saturated carbocycles. The lowest BCUT2D eigenvalue weighted by Gasteiger charge is -2.36. The molecule has 3 rings (SSSR count). The Morgan fingerprint density at radius 1 is 1.37 bits per heavy atom. The quantitative estimate of drug-likeness (QED) is 0.572. The van der Waals surface area contributed by atoms with Crippen LogP contribution in [0.15, 0.2) is 36.7 Å². The summed E-state index contributed by atoms with van der Waals surface area (Å²) in [7, 11) is 1.72. The van der Waals surface area contributed by atoms with E-state index in [1.54, 1.807) is 25.4 Å². The number of hydrogen-bond acceptors (Lipinski definition) is 6. The minimum Gasteiger partial charge on any atom is -0.506 e. The Bertz CT molecular complexity index is 896. The van der Waals surface area contributed by atoms with Crippen LogP contribution in [0.4, 0.5) is 5.69 Å². The summed E-state index contributed by atoms with van der Waals surface area (Å²) in [6.45, 7) is 1.44. The van der Waals surface area contributed by atoms with E-state index in [0.717, 1.165) is 49.1 Å². The summed E-state index contributed by atoms with van der Waals surface area (Å²) in [5.41, 5.74) is 3.06. The number of piperidine rings is 1. The Morgan fingerprint density at radius 3 is 2.74 bits per heavy atom. The van der Waals surface area contributed by atoms with Crippen molar-refractivity contribution in [1.29, 1.82) is 16.1 Å². The Morgan fingerprint density at radius 2 is 2.11 bits per heavy atom. The van der Waals surface area contributed by atoms with Crippen LogP contribution in [0.25, 0.3) is 11.1 Å². The maximum atomic E-state index is 9.79. The zero-order valence-electron chi connectivity index (χ0n) is 15.2. The van der Waals surface area contributed by atoms with Gasteiger partial charge in [0.1, 0.15) is 17.7 Å². The molecule has 1 aliphatic rings. The van der Waals surface area contributed by atoms with Gasteiger partial charge >= 0.3 is 0 Å². The van der Waals surface area contributed by atoms with Crippen LogP contribution >= 0.6 is 0 Å². The van der Waals surface area contributed by atoms with E-state index in [-0.39, 0.29) is 11.7 Å². The smallest absolute Gasteiger partial charge is 0.134 e. The number of pyridine rings is 1. The number of nitriles is 1. The van der Waals surface area contributed by atoms with Crippen molar-refractivity contribution < 1.29 is 5.11 Å². The number of hydrogen-bond donors (Lipinski definition) is 3. The van der Waals surface area contributed by atoms with Gasteiger partial charge in [0.05, 0.1) is 23.8 Å². The summed E-state index contributed by atoms with van der Waals surface area (Å²) in [5.74, 6) is 0.645. The molecule has 138 valence electrons. The van der Waals surface area contributed by atoms with E-state index < -0.39 is 0 Å². The van der Waals surface area contributed by atoms with Crippen LogP contribution in [0.1, 0.15) is 18.4 Å². The first-order chi connectivity index (χ1) is 13.0. The third-order valence-electron chi connectivity index (χ3n) is 4.96. The minimum absolute atomic E-state index is 0.0858. The molecule has 0 aliphatic carbocycles. The lowest BCUT2D eigenvalue weighted by atomic mass is 9.92. The average molecular weight is 362 g/mol. The Labute approximate surface area is 158 Å². The standard InChI is InChI=1S/C20H22N6O/c1-25(13-22)20(23)14-5-7-26(8-6-14)19-15(10-21)3-2-4-18(19)16-9-17(27)12-24-11-16/h2-4,9,11-14,22-23,27H,5-8H2,1H3. The molecule has 7 heteroatoms. The lowest BCUT2D eigenvalue weighted by molar-refractivity contribution is 0.472. The number of benzene rings is 1. The summed E-state index contributed by atoms with van der Waals surface area (Å²) >= 11 is 0. The molecule has 0 amide bonds. The van der Waals surface area contributed by atoms with Crippen molar-refractivity contribution in [2.24, 2.45) is 5.92 Å². The molecule has 27 heavy (non-hydrogen) atoms. The summed E-state index contributed by atoms with van der Waals surface area (Å²) in [6.07, 6.45) is 5.80. The first-order valence-electron chi connectivity index (χ1n) is 8.79. The highest BCUT2D eigenvalue weighted by atomic mass is 16.3. The van der Waals surface area contributed by atoms with Crippen molar-refractivity contribution in [1.82, 2.24) is 9.88 Å². The highest BCUT2D eigenvalue weighted by molar-refractivity contribution is 5.90. The molecule has 0 atom stereocenters. The molecule has 0 bridgehead atoms. The van der Waals surface area contributed by atoms with E-state index in [9.17, 15) is 10.4 Å². The first-order valence-corrected chi connectivity index (χ1v) is 8.79. The minimum atomic E-state index is 0.0858. The molecule has 1 aromatic heterocycles. The zero-order valence-corrected chi connectivity index (χ0v) is 15.2. The van der Waals surface area contributed by atoms with Gasteiger partial charge in [-0.05, 0) is 25.0 Å². The number of aromatic nitrogens is 1. The van der Waals surface area contributed by atoms with Crippen LogP contribution in [-0.2, 0) is 0 Å². The summed E-state index contributed by atoms with van der Waals surface area (Å²) in [4.78, 5) is 7.77. The molecule has 1 aromatic carbocycles. The van der Waals surface area contributed by atoms with Gasteiger partial charge in [-0.15, -0.1) is 0 Å². The van der Waals surface area contributed by atoms with Gasteiger partial charge < -0.3 is 14.9 Å². The molecule has 7 nitrogen and oxygen atoms in total. The predicted molar refractivity (Wildman–Crippen MR) is 105 cm³/mol. The van der Waals surface area contributed by atoms with Crippen LogP contribution in [0.2, 0.25) is 0 Å². The Kier molecular flexibility index (Phi) is 5.36. The van der Waals surface area contributed by atoms with Gasteiger partial charge in [0, 0.05) is 43.4 Å². The number of anilines is 1. The van der Waals surface area contributed by atoms with E-state index in [2.05, 4.69) is 16.0 Å². The number of nitrogens with one attached hydrogen (secondary N) is 2. The third kappa shape index (κ3) is 3.75. The normalized spacial score (nSPS) is 14.4. The monoisotopic (exact) mass is 362 g/mol. The molecule has 3 N–H and O–H groups in total. The maximum Gasteiger partial charge on any atom is 0.134 e. The molecule has 1 aliphatic heterocycles. The van der Waals surface area contributed by atoms with Crippen LogP contribution in [0.3, 0.4) is 0 Å². The third-order valence-corrected chi connectivity index (χ3v) is 4.96. The molecule has 0 spiro atoms. The number of rotatable bonds is 4. The zero-order chi connectivity index (χ0) is 19.4. The van der Waals surface area contributed by atoms with Gasteiger partial charge in [0.15, 0.2) is 0 Å². The fourth-order valence-electron chi connectivity index (χ4n) is 3.52. The molecule has 0 unspecified atom stereocenters. The number of nitrogens with zero attached hydrogens (tertiary/aromatic N) is 4. The Hall–Kier alpha value is -3.40. The van der Waals surface area contributed by atoms with Gasteiger partial charge in [-0.2, -0.15) is 5.26 Å². The lowest BCUT2D eigenvalue weighted by Crippen LogP contribution is -2.41. The van der Waals surface area contributed by atoms with Gasteiger partial charge in [0.25, 0.3) is 0 Å². The molecule has 0 radical (unpaired) electrons. The molecule has 2 heterocycles. The second-order valence-corrected chi connectivity index (χ2v) is 6.63. The second-order valence-electron chi connectivity index (χ2n) is 6.63. The van der Waals surface area contributed by atoms with E-state index in [1.807, 2.05) is 12.1 Å². The Balaban J connectivity index is 1.90. The molecule has 1 saturated heterocycles. The summed E-state index contributed by atoms with van der Waals surface area (Å²) in [6, 6.07) is 9.49. The van der Waals surface area contributed by atoms with E-state index in [0.29, 0.717) is 11.4 Å². The number of para-hydroxylation sites is 1. The van der Waals surface area contributed by atoms with Crippen molar-refractivity contribution in [3.8, 4) is 22.9 Å². The van der Waals surface area contributed by atoms with Crippen molar-refractivity contribution in [3.63, 3.8) is 0 Å². The highest BCUT2D eigenvalue weighted by Crippen LogP contribution is 2.36. The number of aromatic hydroxyl groups is 1. The van der Waals surface area contributed by atoms with Crippen molar-refractivity contribution >= 4 is 17.9 Å². The summed E-state index contributed by atoms with van der Waals surface area (Å²) in [5, 5.41) is 34.9. The van der Waals surface area contributed by atoms with Crippen molar-refractivity contribution in [3.05, 3.63) is 42.2 Å². The maximum absolute atomic E-state index is 9.79. The van der Waals surface area contributed by atoms with Crippen molar-refractivity contribution in [2.75, 3.05) is 25.0 Å². The molecule has 1 fully saturated rings. The van der Waals surface area contributed by atoms with Crippen LogP contribution < -0.4 is 4.90 Å². The van der Waals surface area contributed by atoms with E-state index in [1.165, 1.54) is 11.1 Å². The van der Waals surface area contributed by atoms with Gasteiger partial charge in [-0.1, -0.05) is 12.1 Å². The molecule has 2 aromatic rings. The summed E-state index contributed by atoms with van der Waals surface area (Å²) < 4.78 is 0. The SMILES string of the molecule is CN(C=N)C(=N)C1CCN(c2c(C#N)cccc2-c2cncc(O)c2)CC1. The van der Waals surface area contributed by atoms with E-state index in [4.69, 9.17) is 10.8 Å². The largest absolute Gasteiger partial charge is 0.506 e. The predicted octanol–water partition coefficient (Wildman–Crippen LogP) is 3.06. The highest BCUT2D eigenvalue weighted by Gasteiger charge is 2.27. The van der Waals surface area contributed by atoms with Crippen LogP contribution in [-0.4, -0.2) is 47.3 Å². The van der Waals surface area contributed by atoms with Crippen molar-refractivity contribution in [2.45, 2.75) is 12.8 Å². The number of amidine groups is 1. The molecular weight excluding hydrogens is 340 g/mol. The van der Waals surface area contributed by atoms with Gasteiger partial charge in [-0.25, -0.2) is 0 Å². The van der Waals surface area contributed by atoms with Crippen LogP contribution in [0.5, 0.6) is 5.75 Å². The topological polar surface area (TPSA) is 111 Å². The fourth-order valence-corrected chi connectivity index (χ4v) is 3.52. The van der Waals surface area contributed by atoms with Gasteiger partial charge in [0.2, 0.25) is 0 Å². The van der Waals surface area contributed by atoms with E-state index >= 15 is 0 Å². The first kappa shape index (κ1) is 18.4. The fraction of sp³-hybridized carbons (Fsp3) is 0.300. The molecular formula is C20H22N6O. The van der Waals surface area contributed by atoms with Crippen LogP contribution in [0, 0.1) is 28.1 Å². The van der Waals surface area contributed by atoms with Gasteiger partial charge in [-0.3, -0.25) is 15.8 Å². The second kappa shape index (κ2) is 7.87. The average Bonchev–Trinajstić information content (AvgIpc) is 2.72.